The van der Waals surface area contributed by atoms with E-state index in [1.807, 2.05) is 6.92 Å². The molecule has 1 aliphatic heterocycles. The van der Waals surface area contributed by atoms with Crippen LogP contribution in [0.3, 0.4) is 0 Å². The topological polar surface area (TPSA) is 67.2 Å². The SMILES string of the molecule is CCCNCCn1cc(S(=O)(=O)N2CCCCC2C)cn1. The summed E-state index contributed by atoms with van der Waals surface area (Å²) in [5.74, 6) is 0. The maximum absolute atomic E-state index is 12.6. The van der Waals surface area contributed by atoms with E-state index in [9.17, 15) is 8.42 Å². The van der Waals surface area contributed by atoms with Gasteiger partial charge in [0.2, 0.25) is 10.0 Å². The molecule has 1 aliphatic rings. The number of hydrogen-bond donors (Lipinski definition) is 1. The summed E-state index contributed by atoms with van der Waals surface area (Å²) in [6, 6.07) is 0.0818. The highest BCUT2D eigenvalue weighted by Crippen LogP contribution is 2.24. The van der Waals surface area contributed by atoms with E-state index < -0.39 is 10.0 Å². The fraction of sp³-hybridized carbons (Fsp3) is 0.786. The van der Waals surface area contributed by atoms with Crippen LogP contribution in [0.15, 0.2) is 17.3 Å². The molecular weight excluding hydrogens is 288 g/mol. The normalized spacial score (nSPS) is 20.8. The van der Waals surface area contributed by atoms with Gasteiger partial charge in [0, 0.05) is 25.3 Å². The average molecular weight is 314 g/mol. The fourth-order valence-corrected chi connectivity index (χ4v) is 4.31. The Morgan fingerprint density at radius 1 is 1.38 bits per heavy atom. The summed E-state index contributed by atoms with van der Waals surface area (Å²) in [6.45, 7) is 7.17. The third-order valence-electron chi connectivity index (χ3n) is 3.90. The van der Waals surface area contributed by atoms with Crippen LogP contribution < -0.4 is 5.32 Å². The molecule has 120 valence electrons. The van der Waals surface area contributed by atoms with Crippen molar-refractivity contribution in [3.05, 3.63) is 12.4 Å². The summed E-state index contributed by atoms with van der Waals surface area (Å²) < 4.78 is 28.6. The van der Waals surface area contributed by atoms with E-state index in [4.69, 9.17) is 0 Å². The number of sulfonamides is 1. The maximum atomic E-state index is 12.6. The van der Waals surface area contributed by atoms with Gasteiger partial charge < -0.3 is 5.32 Å². The van der Waals surface area contributed by atoms with Gasteiger partial charge in [0.25, 0.3) is 0 Å². The molecule has 2 rings (SSSR count). The Bertz CT molecular complexity index is 541. The molecule has 7 heteroatoms. The third-order valence-corrected chi connectivity index (χ3v) is 5.87. The Kier molecular flexibility index (Phi) is 5.78. The van der Waals surface area contributed by atoms with E-state index in [2.05, 4.69) is 17.3 Å². The lowest BCUT2D eigenvalue weighted by atomic mass is 10.1. The predicted octanol–water partition coefficient (Wildman–Crippen LogP) is 1.45. The second-order valence-corrected chi connectivity index (χ2v) is 7.54. The molecule has 0 radical (unpaired) electrons. The van der Waals surface area contributed by atoms with Gasteiger partial charge in [-0.15, -0.1) is 0 Å². The van der Waals surface area contributed by atoms with Crippen LogP contribution in [0, 0.1) is 0 Å². The van der Waals surface area contributed by atoms with Gasteiger partial charge >= 0.3 is 0 Å². The minimum atomic E-state index is -3.40. The first-order chi connectivity index (χ1) is 10.1. The highest BCUT2D eigenvalue weighted by Gasteiger charge is 2.31. The predicted molar refractivity (Wildman–Crippen MR) is 82.6 cm³/mol. The lowest BCUT2D eigenvalue weighted by Gasteiger charge is -2.31. The molecule has 21 heavy (non-hydrogen) atoms. The zero-order valence-electron chi connectivity index (χ0n) is 13.0. The first-order valence-electron chi connectivity index (χ1n) is 7.80. The molecule has 1 aromatic rings. The van der Waals surface area contributed by atoms with Crippen LogP contribution in [0.2, 0.25) is 0 Å². The minimum Gasteiger partial charge on any atom is -0.315 e. The average Bonchev–Trinajstić information content (AvgIpc) is 2.93. The molecule has 2 heterocycles. The Hall–Kier alpha value is -0.920. The molecule has 1 fully saturated rings. The first kappa shape index (κ1) is 16.5. The van der Waals surface area contributed by atoms with Crippen LogP contribution in [-0.4, -0.2) is 48.2 Å². The molecule has 0 saturated carbocycles. The van der Waals surface area contributed by atoms with E-state index in [-0.39, 0.29) is 6.04 Å². The van der Waals surface area contributed by atoms with E-state index in [0.29, 0.717) is 18.0 Å². The highest BCUT2D eigenvalue weighted by atomic mass is 32.2. The number of piperidine rings is 1. The maximum Gasteiger partial charge on any atom is 0.246 e. The van der Waals surface area contributed by atoms with Crippen molar-refractivity contribution in [3.63, 3.8) is 0 Å². The largest absolute Gasteiger partial charge is 0.315 e. The number of hydrogen-bond acceptors (Lipinski definition) is 4. The van der Waals surface area contributed by atoms with E-state index >= 15 is 0 Å². The molecule has 1 atom stereocenters. The zero-order chi connectivity index (χ0) is 15.3. The summed E-state index contributed by atoms with van der Waals surface area (Å²) in [4.78, 5) is 0.312. The zero-order valence-corrected chi connectivity index (χ0v) is 13.8. The van der Waals surface area contributed by atoms with Crippen LogP contribution in [0.25, 0.3) is 0 Å². The first-order valence-corrected chi connectivity index (χ1v) is 9.24. The third kappa shape index (κ3) is 4.05. The standard InChI is InChI=1S/C14H26N4O2S/c1-3-7-15-8-10-17-12-14(11-16-17)21(19,20)18-9-5-4-6-13(18)2/h11-13,15H,3-10H2,1-2H3. The molecule has 1 aromatic heterocycles. The van der Waals surface area contributed by atoms with Crippen LogP contribution in [0.1, 0.15) is 39.5 Å². The molecule has 0 aliphatic carbocycles. The van der Waals surface area contributed by atoms with E-state index in [0.717, 1.165) is 38.8 Å². The summed E-state index contributed by atoms with van der Waals surface area (Å²) in [5.41, 5.74) is 0. The van der Waals surface area contributed by atoms with Crippen molar-refractivity contribution in [1.29, 1.82) is 0 Å². The Balaban J connectivity index is 2.02. The van der Waals surface area contributed by atoms with Crippen molar-refractivity contribution in [2.45, 2.75) is 57.0 Å². The Labute approximate surface area is 127 Å². The number of aromatic nitrogens is 2. The van der Waals surface area contributed by atoms with Crippen molar-refractivity contribution in [2.75, 3.05) is 19.6 Å². The van der Waals surface area contributed by atoms with Crippen molar-refractivity contribution in [1.82, 2.24) is 19.4 Å². The molecule has 0 bridgehead atoms. The summed E-state index contributed by atoms with van der Waals surface area (Å²) in [6.07, 6.45) is 7.19. The molecule has 1 unspecified atom stereocenters. The van der Waals surface area contributed by atoms with Crippen molar-refractivity contribution < 1.29 is 8.42 Å². The van der Waals surface area contributed by atoms with Gasteiger partial charge in [-0.2, -0.15) is 9.40 Å². The Morgan fingerprint density at radius 3 is 2.90 bits per heavy atom. The van der Waals surface area contributed by atoms with Gasteiger partial charge in [-0.25, -0.2) is 8.42 Å². The Morgan fingerprint density at radius 2 is 2.19 bits per heavy atom. The van der Waals surface area contributed by atoms with Crippen molar-refractivity contribution in [3.8, 4) is 0 Å². The minimum absolute atomic E-state index is 0.0818. The lowest BCUT2D eigenvalue weighted by molar-refractivity contribution is 0.268. The van der Waals surface area contributed by atoms with E-state index in [1.54, 1.807) is 15.2 Å². The molecule has 0 amide bonds. The van der Waals surface area contributed by atoms with Gasteiger partial charge in [0.05, 0.1) is 12.7 Å². The van der Waals surface area contributed by atoms with Crippen LogP contribution in [-0.2, 0) is 16.6 Å². The summed E-state index contributed by atoms with van der Waals surface area (Å²) in [7, 11) is -3.40. The van der Waals surface area contributed by atoms with Gasteiger partial charge in [-0.1, -0.05) is 13.3 Å². The molecule has 6 nitrogen and oxygen atoms in total. The van der Waals surface area contributed by atoms with Crippen molar-refractivity contribution in [2.24, 2.45) is 0 Å². The molecule has 0 aromatic carbocycles. The number of nitrogens with one attached hydrogen (secondary N) is 1. The molecule has 1 N–H and O–H groups in total. The molecule has 0 spiro atoms. The summed E-state index contributed by atoms with van der Waals surface area (Å²) in [5, 5.41) is 7.45. The lowest BCUT2D eigenvalue weighted by Crippen LogP contribution is -2.41. The second-order valence-electron chi connectivity index (χ2n) is 5.65. The summed E-state index contributed by atoms with van der Waals surface area (Å²) >= 11 is 0. The monoisotopic (exact) mass is 314 g/mol. The molecule has 1 saturated heterocycles. The molecular formula is C14H26N4O2S. The van der Waals surface area contributed by atoms with Gasteiger partial charge in [-0.3, -0.25) is 4.68 Å². The number of rotatable bonds is 7. The second kappa shape index (κ2) is 7.38. The fourth-order valence-electron chi connectivity index (χ4n) is 2.66. The van der Waals surface area contributed by atoms with Gasteiger partial charge in [0.15, 0.2) is 0 Å². The quantitative estimate of drug-likeness (QED) is 0.774. The van der Waals surface area contributed by atoms with Gasteiger partial charge in [0.1, 0.15) is 4.90 Å². The van der Waals surface area contributed by atoms with E-state index in [1.165, 1.54) is 6.20 Å². The van der Waals surface area contributed by atoms with Gasteiger partial charge in [-0.05, 0) is 32.7 Å². The number of nitrogens with zero attached hydrogens (tertiary/aromatic N) is 3. The van der Waals surface area contributed by atoms with Crippen LogP contribution >= 0.6 is 0 Å². The smallest absolute Gasteiger partial charge is 0.246 e. The van der Waals surface area contributed by atoms with Crippen molar-refractivity contribution >= 4 is 10.0 Å². The van der Waals surface area contributed by atoms with Crippen LogP contribution in [0.5, 0.6) is 0 Å². The highest BCUT2D eigenvalue weighted by molar-refractivity contribution is 7.89. The van der Waals surface area contributed by atoms with Crippen LogP contribution in [0.4, 0.5) is 0 Å².